The van der Waals surface area contributed by atoms with E-state index in [1.54, 1.807) is 25.3 Å². The van der Waals surface area contributed by atoms with Gasteiger partial charge in [0.25, 0.3) is 0 Å². The Balaban J connectivity index is 2.95. The number of nitrogens with zero attached hydrogens (tertiary/aromatic N) is 1. The second-order valence-electron chi connectivity index (χ2n) is 3.28. The molecule has 0 fully saturated rings. The highest BCUT2D eigenvalue weighted by Crippen LogP contribution is 2.29. The fourth-order valence-corrected chi connectivity index (χ4v) is 1.42. The molecule has 0 spiro atoms. The van der Waals surface area contributed by atoms with Gasteiger partial charge in [0.2, 0.25) is 0 Å². The lowest BCUT2D eigenvalue weighted by molar-refractivity contribution is -0.135. The summed E-state index contributed by atoms with van der Waals surface area (Å²) in [6.07, 6.45) is 7.57. The van der Waals surface area contributed by atoms with Crippen LogP contribution in [0.5, 0.6) is 0 Å². The van der Waals surface area contributed by atoms with Crippen LogP contribution in [0.2, 0.25) is 0 Å². The number of esters is 1. The lowest BCUT2D eigenvalue weighted by atomic mass is 9.89. The molecule has 1 unspecified atom stereocenters. The summed E-state index contributed by atoms with van der Waals surface area (Å²) in [6, 6.07) is 0. The number of aliphatic imine (C=N–C) groups is 1. The molecule has 1 aliphatic heterocycles. The second kappa shape index (κ2) is 4.68. The number of carbonyl (C=O) groups excluding carboxylic acids is 2. The molecule has 1 heterocycles. The number of rotatable bonds is 4. The van der Waals surface area contributed by atoms with E-state index in [-0.39, 0.29) is 6.42 Å². The number of carbonyl (C=O) groups is 2. The predicted octanol–water partition coefficient (Wildman–Crippen LogP) is 1.07. The zero-order valence-electron chi connectivity index (χ0n) is 8.77. The summed E-state index contributed by atoms with van der Waals surface area (Å²) in [4.78, 5) is 25.8. The Hall–Kier alpha value is -1.71. The van der Waals surface area contributed by atoms with Crippen molar-refractivity contribution < 1.29 is 14.3 Å². The van der Waals surface area contributed by atoms with E-state index in [0.29, 0.717) is 5.57 Å². The fourth-order valence-electron chi connectivity index (χ4n) is 1.42. The smallest absolute Gasteiger partial charge is 0.330 e. The van der Waals surface area contributed by atoms with E-state index in [4.69, 9.17) is 0 Å². The van der Waals surface area contributed by atoms with Crippen LogP contribution >= 0.6 is 0 Å². The molecule has 0 saturated heterocycles. The molecule has 4 heteroatoms. The maximum Gasteiger partial charge on any atom is 0.330 e. The van der Waals surface area contributed by atoms with Gasteiger partial charge in [0.05, 0.1) is 7.11 Å². The molecule has 0 aromatic carbocycles. The van der Waals surface area contributed by atoms with Crippen LogP contribution in [-0.4, -0.2) is 31.1 Å². The number of methoxy groups -OCH3 is 1. The van der Waals surface area contributed by atoms with Crippen LogP contribution < -0.4 is 0 Å². The van der Waals surface area contributed by atoms with Crippen LogP contribution in [0, 0.1) is 0 Å². The van der Waals surface area contributed by atoms with Crippen LogP contribution in [0.15, 0.2) is 28.8 Å². The zero-order valence-corrected chi connectivity index (χ0v) is 8.77. The maximum absolute atomic E-state index is 11.1. The van der Waals surface area contributed by atoms with E-state index < -0.39 is 11.5 Å². The Morgan fingerprint density at radius 1 is 1.60 bits per heavy atom. The highest BCUT2D eigenvalue weighted by atomic mass is 16.5. The van der Waals surface area contributed by atoms with Crippen molar-refractivity contribution >= 4 is 18.5 Å². The Kier molecular flexibility index (Phi) is 3.55. The maximum atomic E-state index is 11.1. The first kappa shape index (κ1) is 11.4. The normalized spacial score (nSPS) is 24.3. The minimum absolute atomic E-state index is 0.235. The molecule has 1 aliphatic rings. The molecule has 1 rings (SSSR count). The van der Waals surface area contributed by atoms with Gasteiger partial charge in [-0.25, -0.2) is 4.79 Å². The summed E-state index contributed by atoms with van der Waals surface area (Å²) in [5.41, 5.74) is 0.0158. The molecule has 0 amide bonds. The largest absolute Gasteiger partial charge is 0.466 e. The van der Waals surface area contributed by atoms with Crippen molar-refractivity contribution in [2.24, 2.45) is 4.99 Å². The van der Waals surface area contributed by atoms with Gasteiger partial charge in [-0.05, 0) is 18.6 Å². The molecule has 80 valence electrons. The van der Waals surface area contributed by atoms with Gasteiger partial charge < -0.3 is 9.53 Å². The molecular formula is C11H13NO3. The number of aldehydes is 1. The van der Waals surface area contributed by atoms with Crippen LogP contribution in [0.25, 0.3) is 0 Å². The molecule has 4 nitrogen and oxygen atoms in total. The second-order valence-corrected chi connectivity index (χ2v) is 3.28. The zero-order chi connectivity index (χ0) is 11.3. The number of hydrogen-bond acceptors (Lipinski definition) is 4. The molecule has 0 saturated carbocycles. The minimum atomic E-state index is -0.685. The van der Waals surface area contributed by atoms with Crippen molar-refractivity contribution in [2.45, 2.75) is 18.9 Å². The molecule has 0 radical (unpaired) electrons. The van der Waals surface area contributed by atoms with Crippen molar-refractivity contribution in [3.05, 3.63) is 23.8 Å². The van der Waals surface area contributed by atoms with Crippen molar-refractivity contribution in [3.8, 4) is 0 Å². The van der Waals surface area contributed by atoms with E-state index in [0.717, 1.165) is 6.29 Å². The first-order valence-corrected chi connectivity index (χ1v) is 4.58. The SMILES string of the molecule is COC(=O)C=C(C)C1(CC=O)C=CC=N1. The summed E-state index contributed by atoms with van der Waals surface area (Å²) in [6.45, 7) is 1.76. The first-order valence-electron chi connectivity index (χ1n) is 4.58. The third-order valence-electron chi connectivity index (χ3n) is 2.38. The van der Waals surface area contributed by atoms with E-state index in [1.807, 2.05) is 0 Å². The Labute approximate surface area is 88.3 Å². The Morgan fingerprint density at radius 2 is 2.33 bits per heavy atom. The van der Waals surface area contributed by atoms with Gasteiger partial charge in [-0.2, -0.15) is 0 Å². The predicted molar refractivity (Wildman–Crippen MR) is 56.8 cm³/mol. The van der Waals surface area contributed by atoms with E-state index in [1.165, 1.54) is 13.2 Å². The lowest BCUT2D eigenvalue weighted by Crippen LogP contribution is -2.25. The fraction of sp³-hybridized carbons (Fsp3) is 0.364. The van der Waals surface area contributed by atoms with Crippen LogP contribution in [0.4, 0.5) is 0 Å². The summed E-state index contributed by atoms with van der Waals surface area (Å²) in [5.74, 6) is -0.437. The molecule has 0 aromatic rings. The Bertz CT molecular complexity index is 341. The van der Waals surface area contributed by atoms with Gasteiger partial charge >= 0.3 is 5.97 Å². The van der Waals surface area contributed by atoms with Gasteiger partial charge in [0.15, 0.2) is 0 Å². The summed E-state index contributed by atoms with van der Waals surface area (Å²) >= 11 is 0. The quantitative estimate of drug-likeness (QED) is 0.393. The summed E-state index contributed by atoms with van der Waals surface area (Å²) in [7, 11) is 1.31. The molecule has 15 heavy (non-hydrogen) atoms. The van der Waals surface area contributed by atoms with Crippen molar-refractivity contribution in [1.29, 1.82) is 0 Å². The molecule has 1 atom stereocenters. The Morgan fingerprint density at radius 3 is 2.80 bits per heavy atom. The lowest BCUT2D eigenvalue weighted by Gasteiger charge is -2.22. The highest BCUT2D eigenvalue weighted by molar-refractivity contribution is 5.84. The molecule has 0 bridgehead atoms. The summed E-state index contributed by atoms with van der Waals surface area (Å²) in [5, 5.41) is 0. The average molecular weight is 207 g/mol. The van der Waals surface area contributed by atoms with E-state index in [2.05, 4.69) is 9.73 Å². The van der Waals surface area contributed by atoms with Gasteiger partial charge in [-0.1, -0.05) is 6.08 Å². The van der Waals surface area contributed by atoms with Crippen LogP contribution in [0.3, 0.4) is 0 Å². The molecule has 0 aromatic heterocycles. The highest BCUT2D eigenvalue weighted by Gasteiger charge is 2.30. The third-order valence-corrected chi connectivity index (χ3v) is 2.38. The third kappa shape index (κ3) is 2.40. The molecule has 0 aliphatic carbocycles. The van der Waals surface area contributed by atoms with Gasteiger partial charge in [-0.3, -0.25) is 4.99 Å². The van der Waals surface area contributed by atoms with Crippen molar-refractivity contribution in [3.63, 3.8) is 0 Å². The molecule has 0 N–H and O–H groups in total. The standard InChI is InChI=1S/C11H13NO3/c1-9(8-10(14)15-2)11(5-7-13)4-3-6-12-11/h3-4,6-8H,5H2,1-2H3. The van der Waals surface area contributed by atoms with Gasteiger partial charge in [0.1, 0.15) is 11.8 Å². The van der Waals surface area contributed by atoms with E-state index in [9.17, 15) is 9.59 Å². The van der Waals surface area contributed by atoms with Crippen LogP contribution in [-0.2, 0) is 14.3 Å². The van der Waals surface area contributed by atoms with Gasteiger partial charge in [-0.15, -0.1) is 0 Å². The van der Waals surface area contributed by atoms with Crippen LogP contribution in [0.1, 0.15) is 13.3 Å². The first-order chi connectivity index (χ1) is 7.14. The number of allylic oxidation sites excluding steroid dienone is 1. The minimum Gasteiger partial charge on any atom is -0.466 e. The van der Waals surface area contributed by atoms with Crippen molar-refractivity contribution in [2.75, 3.05) is 7.11 Å². The average Bonchev–Trinajstić information content (AvgIpc) is 2.68. The van der Waals surface area contributed by atoms with Gasteiger partial charge in [0, 0.05) is 18.7 Å². The topological polar surface area (TPSA) is 55.7 Å². The van der Waals surface area contributed by atoms with E-state index >= 15 is 0 Å². The number of ether oxygens (including phenoxy) is 1. The summed E-state index contributed by atoms with van der Waals surface area (Å²) < 4.78 is 4.52. The molecular weight excluding hydrogens is 194 g/mol. The number of hydrogen-bond donors (Lipinski definition) is 0. The monoisotopic (exact) mass is 207 g/mol. The van der Waals surface area contributed by atoms with Crippen molar-refractivity contribution in [1.82, 2.24) is 0 Å².